The molecular formula is C30H50. The minimum atomic E-state index is 0.310. The Kier molecular flexibility index (Phi) is 17.3. The monoisotopic (exact) mass is 410 g/mol. The van der Waals surface area contributed by atoms with E-state index in [4.69, 9.17) is 0 Å². The maximum Gasteiger partial charge on any atom is -0.0203 e. The second kappa shape index (κ2) is 18.2. The standard InChI is InChI=1S/C30H50/c1-29(2,3)27-25-23-21-19-17-15-13-11-9-7-8-10-12-14-16-18-20-22-24-26-28-30(4,5)6/h9-12,17-20,25-28H,7-8,13-16,21-24H2,1-6H3. The molecule has 0 aliphatic rings. The highest BCUT2D eigenvalue weighted by atomic mass is 14.1. The van der Waals surface area contributed by atoms with Crippen LogP contribution in [0.5, 0.6) is 0 Å². The van der Waals surface area contributed by atoms with E-state index in [2.05, 4.69) is 114 Å². The largest absolute Gasteiger partial charge is 0.0882 e. The Morgan fingerprint density at radius 3 is 0.633 bits per heavy atom. The number of hydrogen-bond donors (Lipinski definition) is 0. The lowest BCUT2D eigenvalue weighted by Gasteiger charge is -2.10. The van der Waals surface area contributed by atoms with Crippen molar-refractivity contribution in [1.29, 1.82) is 0 Å². The highest BCUT2D eigenvalue weighted by Crippen LogP contribution is 2.16. The van der Waals surface area contributed by atoms with Gasteiger partial charge in [-0.1, -0.05) is 114 Å². The third-order valence-electron chi connectivity index (χ3n) is 4.40. The fourth-order valence-corrected chi connectivity index (χ4v) is 2.78. The van der Waals surface area contributed by atoms with Crippen LogP contribution in [0.25, 0.3) is 0 Å². The van der Waals surface area contributed by atoms with Crippen molar-refractivity contribution in [2.45, 2.75) is 106 Å². The molecule has 0 rings (SSSR count). The molecule has 0 bridgehead atoms. The van der Waals surface area contributed by atoms with Gasteiger partial charge >= 0.3 is 0 Å². The van der Waals surface area contributed by atoms with Crippen LogP contribution in [-0.4, -0.2) is 0 Å². The first kappa shape index (κ1) is 28.4. The summed E-state index contributed by atoms with van der Waals surface area (Å²) in [5.41, 5.74) is 0.620. The molecular weight excluding hydrogens is 360 g/mol. The smallest absolute Gasteiger partial charge is 0.0203 e. The van der Waals surface area contributed by atoms with Crippen molar-refractivity contribution in [2.75, 3.05) is 0 Å². The Labute approximate surface area is 189 Å². The van der Waals surface area contributed by atoms with E-state index in [9.17, 15) is 0 Å². The van der Waals surface area contributed by atoms with Gasteiger partial charge in [-0.3, -0.25) is 0 Å². The topological polar surface area (TPSA) is 0 Å². The number of rotatable bonds is 15. The zero-order chi connectivity index (χ0) is 22.6. The van der Waals surface area contributed by atoms with Gasteiger partial charge in [-0.25, -0.2) is 0 Å². The Hall–Kier alpha value is -1.56. The quantitative estimate of drug-likeness (QED) is 0.186. The van der Waals surface area contributed by atoms with Crippen LogP contribution >= 0.6 is 0 Å². The molecule has 0 heteroatoms. The van der Waals surface area contributed by atoms with E-state index in [-0.39, 0.29) is 0 Å². The van der Waals surface area contributed by atoms with E-state index >= 15 is 0 Å². The molecule has 0 N–H and O–H groups in total. The van der Waals surface area contributed by atoms with Gasteiger partial charge in [0.1, 0.15) is 0 Å². The van der Waals surface area contributed by atoms with Crippen molar-refractivity contribution in [2.24, 2.45) is 10.8 Å². The third-order valence-corrected chi connectivity index (χ3v) is 4.40. The predicted molar refractivity (Wildman–Crippen MR) is 140 cm³/mol. The zero-order valence-electron chi connectivity index (χ0n) is 21.0. The Bertz CT molecular complexity index is 498. The third kappa shape index (κ3) is 26.4. The Balaban J connectivity index is 3.50. The van der Waals surface area contributed by atoms with Crippen LogP contribution in [0.4, 0.5) is 0 Å². The highest BCUT2D eigenvalue weighted by Gasteiger charge is 2.02. The predicted octanol–water partition coefficient (Wildman–Crippen LogP) is 10.3. The van der Waals surface area contributed by atoms with Crippen molar-refractivity contribution >= 4 is 0 Å². The lowest BCUT2D eigenvalue weighted by Crippen LogP contribution is -1.97. The van der Waals surface area contributed by atoms with Gasteiger partial charge in [0.05, 0.1) is 0 Å². The molecule has 0 aromatic rings. The first-order valence-electron chi connectivity index (χ1n) is 12.2. The number of unbranched alkanes of at least 4 members (excludes halogenated alkanes) is 5. The van der Waals surface area contributed by atoms with Crippen molar-refractivity contribution in [3.63, 3.8) is 0 Å². The average Bonchev–Trinajstić information content (AvgIpc) is 2.64. The van der Waals surface area contributed by atoms with Crippen LogP contribution in [0, 0.1) is 10.8 Å². The van der Waals surface area contributed by atoms with Gasteiger partial charge in [0.25, 0.3) is 0 Å². The van der Waals surface area contributed by atoms with Crippen LogP contribution in [0.2, 0.25) is 0 Å². The summed E-state index contributed by atoms with van der Waals surface area (Å²) in [5, 5.41) is 0. The lowest BCUT2D eigenvalue weighted by molar-refractivity contribution is 0.541. The molecule has 0 aliphatic carbocycles. The molecule has 0 radical (unpaired) electrons. The van der Waals surface area contributed by atoms with E-state index in [1.165, 1.54) is 0 Å². The van der Waals surface area contributed by atoms with Gasteiger partial charge in [-0.15, -0.1) is 0 Å². The Morgan fingerprint density at radius 2 is 0.467 bits per heavy atom. The summed E-state index contributed by atoms with van der Waals surface area (Å²) in [4.78, 5) is 0. The molecule has 0 aliphatic heterocycles. The van der Waals surface area contributed by atoms with Gasteiger partial charge in [0.15, 0.2) is 0 Å². The molecule has 0 aromatic heterocycles. The fraction of sp³-hybridized carbons (Fsp3) is 0.600. The van der Waals surface area contributed by atoms with Gasteiger partial charge in [-0.05, 0) is 75.0 Å². The van der Waals surface area contributed by atoms with Gasteiger partial charge in [-0.2, -0.15) is 0 Å². The first-order valence-corrected chi connectivity index (χ1v) is 12.2. The molecule has 30 heavy (non-hydrogen) atoms. The molecule has 0 unspecified atom stereocenters. The molecule has 0 aromatic carbocycles. The second-order valence-corrected chi connectivity index (χ2v) is 10.3. The van der Waals surface area contributed by atoms with Crippen LogP contribution < -0.4 is 0 Å². The molecule has 170 valence electrons. The first-order chi connectivity index (χ1) is 14.2. The minimum Gasteiger partial charge on any atom is -0.0882 e. The van der Waals surface area contributed by atoms with Gasteiger partial charge in [0, 0.05) is 0 Å². The maximum absolute atomic E-state index is 2.33. The summed E-state index contributed by atoms with van der Waals surface area (Å²) < 4.78 is 0. The molecule has 0 nitrogen and oxygen atoms in total. The summed E-state index contributed by atoms with van der Waals surface area (Å²) in [6.45, 7) is 13.5. The summed E-state index contributed by atoms with van der Waals surface area (Å²) in [7, 11) is 0. The highest BCUT2D eigenvalue weighted by molar-refractivity contribution is 4.96. The van der Waals surface area contributed by atoms with E-state index in [0.29, 0.717) is 10.8 Å². The summed E-state index contributed by atoms with van der Waals surface area (Å²) >= 11 is 0. The Morgan fingerprint density at radius 1 is 0.300 bits per heavy atom. The molecule has 0 saturated carbocycles. The van der Waals surface area contributed by atoms with Gasteiger partial charge < -0.3 is 0 Å². The summed E-state index contributed by atoms with van der Waals surface area (Å²) in [5.74, 6) is 0. The normalized spacial score (nSPS) is 14.2. The molecule has 0 amide bonds. The van der Waals surface area contributed by atoms with Crippen molar-refractivity contribution in [3.8, 4) is 0 Å². The average molecular weight is 411 g/mol. The van der Waals surface area contributed by atoms with E-state index in [1.54, 1.807) is 0 Å². The molecule has 0 atom stereocenters. The minimum absolute atomic E-state index is 0.310. The lowest BCUT2D eigenvalue weighted by atomic mass is 9.96. The molecule has 0 saturated heterocycles. The van der Waals surface area contributed by atoms with Crippen LogP contribution in [-0.2, 0) is 0 Å². The summed E-state index contributed by atoms with van der Waals surface area (Å²) in [6.07, 6.45) is 39.4. The number of hydrogen-bond acceptors (Lipinski definition) is 0. The van der Waals surface area contributed by atoms with Crippen molar-refractivity contribution in [1.82, 2.24) is 0 Å². The van der Waals surface area contributed by atoms with Crippen molar-refractivity contribution in [3.05, 3.63) is 72.9 Å². The van der Waals surface area contributed by atoms with Gasteiger partial charge in [0.2, 0.25) is 0 Å². The van der Waals surface area contributed by atoms with E-state index < -0.39 is 0 Å². The molecule has 0 spiro atoms. The second-order valence-electron chi connectivity index (χ2n) is 10.3. The maximum atomic E-state index is 2.33. The van der Waals surface area contributed by atoms with Crippen molar-refractivity contribution < 1.29 is 0 Å². The van der Waals surface area contributed by atoms with E-state index in [1.807, 2.05) is 0 Å². The fourth-order valence-electron chi connectivity index (χ4n) is 2.78. The van der Waals surface area contributed by atoms with Crippen LogP contribution in [0.15, 0.2) is 72.9 Å². The molecule has 0 fully saturated rings. The zero-order valence-corrected chi connectivity index (χ0v) is 21.0. The SMILES string of the molecule is CC(C)(C)C=CCCC=CCCC=CCCC=CCCC=CCCC=CC(C)(C)C. The van der Waals surface area contributed by atoms with Crippen LogP contribution in [0.1, 0.15) is 106 Å². The number of allylic oxidation sites excluding steroid dienone is 12. The molecule has 0 heterocycles. The summed E-state index contributed by atoms with van der Waals surface area (Å²) in [6, 6.07) is 0. The van der Waals surface area contributed by atoms with Crippen LogP contribution in [0.3, 0.4) is 0 Å². The van der Waals surface area contributed by atoms with E-state index in [0.717, 1.165) is 64.2 Å².